The summed E-state index contributed by atoms with van der Waals surface area (Å²) in [6.07, 6.45) is 0. The van der Waals surface area contributed by atoms with E-state index in [1.807, 2.05) is 0 Å². The molecule has 0 amide bonds. The highest BCUT2D eigenvalue weighted by molar-refractivity contribution is 7.12. The molecule has 0 radical (unpaired) electrons. The molecule has 0 atom stereocenters. The Labute approximate surface area is 71.0 Å². The summed E-state index contributed by atoms with van der Waals surface area (Å²) in [4.78, 5) is 25.3. The van der Waals surface area contributed by atoms with Gasteiger partial charge in [0.1, 0.15) is 4.83 Å². The van der Waals surface area contributed by atoms with Crippen LogP contribution in [0.4, 0.5) is 0 Å². The minimum Gasteiger partial charge on any atom is -0.312 e. The summed E-state index contributed by atoms with van der Waals surface area (Å²) in [5, 5.41) is 0.583. The Hall–Kier alpha value is -1.36. The van der Waals surface area contributed by atoms with Gasteiger partial charge in [-0.2, -0.15) is 0 Å². The minimum absolute atomic E-state index is 0.135. The molecule has 2 N–H and O–H groups in total. The number of hydrogen-bond acceptors (Lipinski definition) is 3. The first kappa shape index (κ1) is 7.30. The number of hydrogen-bond donors (Lipinski definition) is 2. The van der Waals surface area contributed by atoms with Gasteiger partial charge >= 0.3 is 0 Å². The van der Waals surface area contributed by atoms with Crippen LogP contribution in [0.5, 0.6) is 0 Å². The van der Waals surface area contributed by atoms with Crippen LogP contribution in [0.1, 0.15) is 5.56 Å². The second-order valence-corrected chi connectivity index (χ2v) is 3.37. The maximum Gasteiger partial charge on any atom is 0.267 e. The van der Waals surface area contributed by atoms with Crippen molar-refractivity contribution < 1.29 is 0 Å². The molecule has 5 heteroatoms. The fourth-order valence-electron chi connectivity index (χ4n) is 1.17. The van der Waals surface area contributed by atoms with Crippen molar-refractivity contribution in [2.75, 3.05) is 0 Å². The van der Waals surface area contributed by atoms with E-state index in [0.29, 0.717) is 10.2 Å². The van der Waals surface area contributed by atoms with E-state index < -0.39 is 0 Å². The molecule has 2 aromatic heterocycles. The monoisotopic (exact) mass is 182 g/mol. The zero-order valence-electron chi connectivity index (χ0n) is 6.30. The molecule has 0 aliphatic heterocycles. The summed E-state index contributed by atoms with van der Waals surface area (Å²) in [6.45, 7) is 1.75. The number of nitrogens with one attached hydrogen (secondary N) is 2. The summed E-state index contributed by atoms with van der Waals surface area (Å²) in [6, 6.07) is 1.42. The molecule has 62 valence electrons. The Kier molecular flexibility index (Phi) is 1.41. The van der Waals surface area contributed by atoms with E-state index in [4.69, 9.17) is 0 Å². The predicted octanol–water partition coefficient (Wildman–Crippen LogP) is 0.586. The quantitative estimate of drug-likeness (QED) is 0.626. The summed E-state index contributed by atoms with van der Waals surface area (Å²) in [7, 11) is 0. The molecular formula is C7H6N2O2S. The molecule has 0 aliphatic rings. The Balaban J connectivity index is 3.13. The zero-order valence-corrected chi connectivity index (χ0v) is 7.12. The van der Waals surface area contributed by atoms with Gasteiger partial charge in [-0.1, -0.05) is 0 Å². The van der Waals surface area contributed by atoms with Crippen LogP contribution >= 0.6 is 11.5 Å². The lowest BCUT2D eigenvalue weighted by Crippen LogP contribution is -2.07. The van der Waals surface area contributed by atoms with Crippen LogP contribution in [0.3, 0.4) is 0 Å². The van der Waals surface area contributed by atoms with Gasteiger partial charge in [-0.25, -0.2) is 0 Å². The third-order valence-corrected chi connectivity index (χ3v) is 2.48. The first-order chi connectivity index (χ1) is 5.68. The highest BCUT2D eigenvalue weighted by Gasteiger charge is 2.04. The smallest absolute Gasteiger partial charge is 0.267 e. The van der Waals surface area contributed by atoms with Gasteiger partial charge in [0.2, 0.25) is 5.56 Å². The van der Waals surface area contributed by atoms with Crippen molar-refractivity contribution in [2.45, 2.75) is 6.92 Å². The maximum atomic E-state index is 11.1. The van der Waals surface area contributed by atoms with Gasteiger partial charge in [0.15, 0.2) is 0 Å². The number of rotatable bonds is 0. The number of aromatic nitrogens is 2. The Morgan fingerprint density at radius 3 is 2.92 bits per heavy atom. The highest BCUT2D eigenvalue weighted by atomic mass is 32.1. The molecule has 0 aliphatic carbocycles. The number of fused-ring (bicyclic) bond motifs is 1. The second kappa shape index (κ2) is 2.31. The molecule has 0 bridgehead atoms. The van der Waals surface area contributed by atoms with E-state index in [0.717, 1.165) is 17.1 Å². The average molecular weight is 182 g/mol. The van der Waals surface area contributed by atoms with Gasteiger partial charge in [-0.15, -0.1) is 0 Å². The highest BCUT2D eigenvalue weighted by Crippen LogP contribution is 2.11. The van der Waals surface area contributed by atoms with Crippen LogP contribution in [-0.2, 0) is 0 Å². The van der Waals surface area contributed by atoms with Crippen LogP contribution in [0.2, 0.25) is 0 Å². The molecule has 2 heterocycles. The van der Waals surface area contributed by atoms with Gasteiger partial charge in [0.05, 0.1) is 5.39 Å². The van der Waals surface area contributed by atoms with Gasteiger partial charge in [-0.05, 0) is 24.0 Å². The summed E-state index contributed by atoms with van der Waals surface area (Å²) < 4.78 is 2.56. The lowest BCUT2D eigenvalue weighted by Gasteiger charge is -1.90. The lowest BCUT2D eigenvalue weighted by molar-refractivity contribution is 1.29. The molecule has 0 aromatic carbocycles. The molecule has 0 unspecified atom stereocenters. The average Bonchev–Trinajstić information content (AvgIpc) is 2.31. The van der Waals surface area contributed by atoms with Crippen LogP contribution in [0, 0.1) is 6.92 Å². The Morgan fingerprint density at radius 2 is 2.17 bits per heavy atom. The fourth-order valence-corrected chi connectivity index (χ4v) is 1.97. The summed E-state index contributed by atoms with van der Waals surface area (Å²) in [5.74, 6) is 0. The molecule has 0 saturated carbocycles. The third kappa shape index (κ3) is 0.902. The van der Waals surface area contributed by atoms with Gasteiger partial charge in [0, 0.05) is 6.07 Å². The van der Waals surface area contributed by atoms with Crippen LogP contribution in [-0.4, -0.2) is 9.36 Å². The normalized spacial score (nSPS) is 10.8. The minimum atomic E-state index is -0.171. The predicted molar refractivity (Wildman–Crippen MR) is 47.8 cm³/mol. The van der Waals surface area contributed by atoms with Crippen LogP contribution < -0.4 is 11.1 Å². The molecule has 12 heavy (non-hydrogen) atoms. The van der Waals surface area contributed by atoms with Gasteiger partial charge in [-0.3, -0.25) is 14.0 Å². The standard InChI is InChI=1S/C7H6N2O2S/c1-3-2-4(10)8-7-5(3)6(11)9-12-7/h2H,1H3,(H,8,10)(H,9,11). The molecule has 4 nitrogen and oxygen atoms in total. The number of H-pyrrole nitrogens is 2. The third-order valence-electron chi connectivity index (χ3n) is 1.68. The summed E-state index contributed by atoms with van der Waals surface area (Å²) in [5.41, 5.74) is 0.412. The van der Waals surface area contributed by atoms with E-state index in [1.54, 1.807) is 6.92 Å². The molecular weight excluding hydrogens is 176 g/mol. The van der Waals surface area contributed by atoms with Crippen LogP contribution in [0.15, 0.2) is 15.7 Å². The van der Waals surface area contributed by atoms with E-state index in [2.05, 4.69) is 9.36 Å². The molecule has 2 aromatic rings. The number of aromatic amines is 2. The molecule has 2 rings (SSSR count). The second-order valence-electron chi connectivity index (χ2n) is 2.55. The van der Waals surface area contributed by atoms with Crippen molar-refractivity contribution in [1.82, 2.24) is 9.36 Å². The Morgan fingerprint density at radius 1 is 1.42 bits per heavy atom. The number of pyridine rings is 1. The molecule has 0 saturated heterocycles. The van der Waals surface area contributed by atoms with Crippen molar-refractivity contribution in [2.24, 2.45) is 0 Å². The first-order valence-corrected chi connectivity index (χ1v) is 4.21. The van der Waals surface area contributed by atoms with Crippen molar-refractivity contribution in [3.63, 3.8) is 0 Å². The topological polar surface area (TPSA) is 65.7 Å². The maximum absolute atomic E-state index is 11.1. The Bertz CT molecular complexity index is 534. The first-order valence-electron chi connectivity index (χ1n) is 3.39. The largest absolute Gasteiger partial charge is 0.312 e. The summed E-state index contributed by atoms with van der Waals surface area (Å²) >= 11 is 1.15. The van der Waals surface area contributed by atoms with Gasteiger partial charge in [0.25, 0.3) is 5.56 Å². The van der Waals surface area contributed by atoms with Crippen molar-refractivity contribution in [1.29, 1.82) is 0 Å². The zero-order chi connectivity index (χ0) is 8.72. The number of aryl methyl sites for hydroxylation is 1. The van der Waals surface area contributed by atoms with E-state index >= 15 is 0 Å². The van der Waals surface area contributed by atoms with E-state index in [9.17, 15) is 9.59 Å². The van der Waals surface area contributed by atoms with Crippen molar-refractivity contribution in [3.8, 4) is 0 Å². The molecule has 0 spiro atoms. The van der Waals surface area contributed by atoms with E-state index in [-0.39, 0.29) is 11.1 Å². The lowest BCUT2D eigenvalue weighted by atomic mass is 10.2. The fraction of sp³-hybridized carbons (Fsp3) is 0.143. The SMILES string of the molecule is Cc1cc(=O)[nH]c2s[nH]c(=O)c12. The van der Waals surface area contributed by atoms with Gasteiger partial charge < -0.3 is 4.98 Å². The molecule has 0 fully saturated rings. The van der Waals surface area contributed by atoms with Crippen molar-refractivity contribution in [3.05, 3.63) is 32.3 Å². The van der Waals surface area contributed by atoms with Crippen LogP contribution in [0.25, 0.3) is 10.2 Å². The van der Waals surface area contributed by atoms with Crippen molar-refractivity contribution >= 4 is 21.7 Å². The van der Waals surface area contributed by atoms with E-state index in [1.165, 1.54) is 6.07 Å².